The Labute approximate surface area is 186 Å². The molecule has 0 bridgehead atoms. The molecule has 1 aliphatic carbocycles. The van der Waals surface area contributed by atoms with Gasteiger partial charge in [-0.15, -0.1) is 0 Å². The summed E-state index contributed by atoms with van der Waals surface area (Å²) in [5, 5.41) is 38.9. The molecule has 1 N–H and O–H groups in total. The SMILES string of the molecule is CCOC(=O)N1CC=C2C(C#N)C(=N)C(C#N)(C#N)[C@H](c3cccc(OC)c3OC)[C@@H]2C1. The zero-order valence-electron chi connectivity index (χ0n) is 18.1. The summed E-state index contributed by atoms with van der Waals surface area (Å²) in [5.41, 5.74) is -1.08. The molecular weight excluding hydrogens is 410 g/mol. The number of nitrogens with one attached hydrogen (secondary N) is 1. The first-order valence-electron chi connectivity index (χ1n) is 10.1. The van der Waals surface area contributed by atoms with Gasteiger partial charge in [-0.2, -0.15) is 15.8 Å². The molecule has 164 valence electrons. The molecule has 0 spiro atoms. The quantitative estimate of drug-likeness (QED) is 0.719. The summed E-state index contributed by atoms with van der Waals surface area (Å²) in [5.74, 6) is -1.73. The van der Waals surface area contributed by atoms with E-state index in [1.165, 1.54) is 19.1 Å². The van der Waals surface area contributed by atoms with Gasteiger partial charge in [-0.25, -0.2) is 4.79 Å². The van der Waals surface area contributed by atoms with Crippen LogP contribution >= 0.6 is 0 Å². The highest BCUT2D eigenvalue weighted by molar-refractivity contribution is 6.01. The van der Waals surface area contributed by atoms with Crippen LogP contribution in [-0.2, 0) is 4.74 Å². The number of benzene rings is 1. The van der Waals surface area contributed by atoms with Crippen molar-refractivity contribution in [2.45, 2.75) is 12.8 Å². The molecule has 0 aromatic heterocycles. The van der Waals surface area contributed by atoms with E-state index in [0.717, 1.165) is 0 Å². The number of para-hydroxylation sites is 1. The maximum Gasteiger partial charge on any atom is 0.410 e. The van der Waals surface area contributed by atoms with E-state index >= 15 is 0 Å². The van der Waals surface area contributed by atoms with E-state index in [4.69, 9.17) is 19.6 Å². The average Bonchev–Trinajstić information content (AvgIpc) is 2.82. The topological polar surface area (TPSA) is 143 Å². The van der Waals surface area contributed by atoms with Crippen molar-refractivity contribution in [3.8, 4) is 29.7 Å². The van der Waals surface area contributed by atoms with E-state index in [1.807, 2.05) is 12.1 Å². The Morgan fingerprint density at radius 2 is 1.97 bits per heavy atom. The molecule has 3 atom stereocenters. The molecule has 2 aliphatic rings. The van der Waals surface area contributed by atoms with E-state index in [2.05, 4.69) is 6.07 Å². The average molecular weight is 433 g/mol. The highest BCUT2D eigenvalue weighted by Crippen LogP contribution is 2.56. The van der Waals surface area contributed by atoms with Crippen LogP contribution in [-0.4, -0.2) is 50.6 Å². The number of rotatable bonds is 4. The number of hydrogen-bond acceptors (Lipinski definition) is 8. The van der Waals surface area contributed by atoms with Gasteiger partial charge < -0.3 is 24.5 Å². The molecule has 1 aliphatic heterocycles. The van der Waals surface area contributed by atoms with Gasteiger partial charge in [0.2, 0.25) is 0 Å². The van der Waals surface area contributed by atoms with E-state index < -0.39 is 29.3 Å². The molecule has 9 nitrogen and oxygen atoms in total. The van der Waals surface area contributed by atoms with E-state index in [9.17, 15) is 20.6 Å². The lowest BCUT2D eigenvalue weighted by atomic mass is 9.54. The molecule has 0 radical (unpaired) electrons. The number of fused-ring (bicyclic) bond motifs is 1. The highest BCUT2D eigenvalue weighted by atomic mass is 16.6. The largest absolute Gasteiger partial charge is 0.493 e. The first-order valence-corrected chi connectivity index (χ1v) is 10.1. The van der Waals surface area contributed by atoms with Crippen LogP contribution in [0.4, 0.5) is 4.79 Å². The fraction of sp³-hybridized carbons (Fsp3) is 0.435. The Hall–Kier alpha value is -4.03. The van der Waals surface area contributed by atoms with Crippen molar-refractivity contribution in [1.82, 2.24) is 4.90 Å². The third kappa shape index (κ3) is 3.31. The fourth-order valence-corrected chi connectivity index (χ4v) is 4.67. The summed E-state index contributed by atoms with van der Waals surface area (Å²) >= 11 is 0. The maximum absolute atomic E-state index is 12.4. The predicted octanol–water partition coefficient (Wildman–Crippen LogP) is 3.01. The van der Waals surface area contributed by atoms with Crippen molar-refractivity contribution in [3.05, 3.63) is 35.4 Å². The molecule has 0 saturated heterocycles. The molecular formula is C23H23N5O4. The molecule has 1 saturated carbocycles. The summed E-state index contributed by atoms with van der Waals surface area (Å²) in [7, 11) is 2.93. The highest BCUT2D eigenvalue weighted by Gasteiger charge is 2.58. The summed E-state index contributed by atoms with van der Waals surface area (Å²) in [6, 6.07) is 11.3. The molecule has 9 heteroatoms. The van der Waals surface area contributed by atoms with Gasteiger partial charge >= 0.3 is 6.09 Å². The number of methoxy groups -OCH3 is 2. The monoisotopic (exact) mass is 433 g/mol. The Bertz CT molecular complexity index is 1080. The van der Waals surface area contributed by atoms with Gasteiger partial charge in [0.1, 0.15) is 5.92 Å². The zero-order chi connectivity index (χ0) is 23.5. The van der Waals surface area contributed by atoms with Crippen LogP contribution in [0.1, 0.15) is 18.4 Å². The zero-order valence-corrected chi connectivity index (χ0v) is 18.1. The van der Waals surface area contributed by atoms with Crippen LogP contribution < -0.4 is 9.47 Å². The molecule has 1 unspecified atom stereocenters. The number of amides is 1. The van der Waals surface area contributed by atoms with Crippen LogP contribution in [0.5, 0.6) is 11.5 Å². The van der Waals surface area contributed by atoms with E-state index in [1.54, 1.807) is 31.2 Å². The molecule has 32 heavy (non-hydrogen) atoms. The predicted molar refractivity (Wildman–Crippen MR) is 113 cm³/mol. The van der Waals surface area contributed by atoms with Crippen LogP contribution in [0.2, 0.25) is 0 Å². The fourth-order valence-electron chi connectivity index (χ4n) is 4.67. The van der Waals surface area contributed by atoms with E-state index in [-0.39, 0.29) is 25.4 Å². The summed E-state index contributed by atoms with van der Waals surface area (Å²) < 4.78 is 16.1. The normalized spacial score (nSPS) is 23.5. The Balaban J connectivity index is 2.28. The van der Waals surface area contributed by atoms with Gasteiger partial charge in [-0.05, 0) is 18.6 Å². The second-order valence-corrected chi connectivity index (χ2v) is 7.48. The third-order valence-corrected chi connectivity index (χ3v) is 6.08. The Kier molecular flexibility index (Phi) is 6.37. The van der Waals surface area contributed by atoms with Crippen LogP contribution in [0, 0.1) is 56.7 Å². The van der Waals surface area contributed by atoms with Crippen molar-refractivity contribution >= 4 is 11.8 Å². The Morgan fingerprint density at radius 3 is 2.53 bits per heavy atom. The van der Waals surface area contributed by atoms with Gasteiger partial charge in [0.25, 0.3) is 0 Å². The second-order valence-electron chi connectivity index (χ2n) is 7.48. The second kappa shape index (κ2) is 8.99. The number of nitriles is 3. The summed E-state index contributed by atoms with van der Waals surface area (Å²) in [6.45, 7) is 2.25. The summed E-state index contributed by atoms with van der Waals surface area (Å²) in [6.07, 6.45) is 1.21. The standard InChI is InChI=1S/C23H23N5O4/c1-4-32-22(29)28-9-8-14-16(10-24)21(27)23(12-25,13-26)19(17(14)11-28)15-6-5-7-18(30-2)20(15)31-3/h5-8,16-17,19,27H,4,9,11H2,1-3H3/t16?,17-,19-/m1/s1. The van der Waals surface area contributed by atoms with Gasteiger partial charge in [0.15, 0.2) is 16.9 Å². The number of hydrogen-bond donors (Lipinski definition) is 1. The van der Waals surface area contributed by atoms with Crippen molar-refractivity contribution in [2.24, 2.45) is 17.3 Å². The van der Waals surface area contributed by atoms with Crippen LogP contribution in [0.25, 0.3) is 0 Å². The third-order valence-electron chi connectivity index (χ3n) is 6.08. The van der Waals surface area contributed by atoms with Crippen LogP contribution in [0.15, 0.2) is 29.8 Å². The van der Waals surface area contributed by atoms with Gasteiger partial charge in [-0.1, -0.05) is 18.2 Å². The minimum Gasteiger partial charge on any atom is -0.493 e. The summed E-state index contributed by atoms with van der Waals surface area (Å²) in [4.78, 5) is 13.9. The van der Waals surface area contributed by atoms with E-state index in [0.29, 0.717) is 22.6 Å². The number of ether oxygens (including phenoxy) is 3. The van der Waals surface area contributed by atoms with Crippen LogP contribution in [0.3, 0.4) is 0 Å². The minimum atomic E-state index is -1.93. The van der Waals surface area contributed by atoms with Crippen molar-refractivity contribution < 1.29 is 19.0 Å². The Morgan fingerprint density at radius 1 is 1.25 bits per heavy atom. The molecule has 1 aromatic rings. The molecule has 1 fully saturated rings. The van der Waals surface area contributed by atoms with Gasteiger partial charge in [0.05, 0.1) is 44.7 Å². The number of carbonyl (C=O) groups is 1. The molecule has 1 aromatic carbocycles. The smallest absolute Gasteiger partial charge is 0.410 e. The molecule has 1 amide bonds. The molecule has 3 rings (SSSR count). The first-order chi connectivity index (χ1) is 15.4. The lowest BCUT2D eigenvalue weighted by molar-refractivity contribution is 0.0991. The van der Waals surface area contributed by atoms with Crippen molar-refractivity contribution in [1.29, 1.82) is 21.2 Å². The van der Waals surface area contributed by atoms with Gasteiger partial charge in [-0.3, -0.25) is 0 Å². The lowest BCUT2D eigenvalue weighted by Crippen LogP contribution is -2.53. The minimum absolute atomic E-state index is 0.131. The lowest BCUT2D eigenvalue weighted by Gasteiger charge is -2.47. The first kappa shape index (κ1) is 22.7. The molecule has 1 heterocycles. The van der Waals surface area contributed by atoms with Crippen molar-refractivity contribution in [2.75, 3.05) is 33.9 Å². The number of carbonyl (C=O) groups excluding carboxylic acids is 1. The van der Waals surface area contributed by atoms with Gasteiger partial charge in [0, 0.05) is 30.5 Å². The van der Waals surface area contributed by atoms with Crippen molar-refractivity contribution in [3.63, 3.8) is 0 Å². The maximum atomic E-state index is 12.4. The number of nitrogens with zero attached hydrogens (tertiary/aromatic N) is 4.